The lowest BCUT2D eigenvalue weighted by Gasteiger charge is -2.07. The standard InChI is InChI=1S/C5H11N5S2/c1-9(2)3-4-12-10-5(11)6-7-8-10/h3-4H2,1-2H3,(H,6,8,11). The predicted octanol–water partition coefficient (Wildman–Crippen LogP) is 0.0197. The first-order valence-electron chi connectivity index (χ1n) is 3.45. The molecule has 0 aromatic carbocycles. The van der Waals surface area contributed by atoms with Crippen LogP contribution in [0.15, 0.2) is 5.16 Å². The topological polar surface area (TPSA) is 46.8 Å². The van der Waals surface area contributed by atoms with Crippen molar-refractivity contribution in [3.05, 3.63) is 0 Å². The Kier molecular flexibility index (Phi) is 3.83. The molecule has 0 aliphatic rings. The molecule has 1 heterocycles. The van der Waals surface area contributed by atoms with Crippen molar-refractivity contribution in [3.8, 4) is 0 Å². The van der Waals surface area contributed by atoms with Crippen molar-refractivity contribution >= 4 is 24.6 Å². The molecule has 0 fully saturated rings. The van der Waals surface area contributed by atoms with Gasteiger partial charge in [-0.1, -0.05) is 0 Å². The summed E-state index contributed by atoms with van der Waals surface area (Å²) in [6, 6.07) is 0. The minimum Gasteiger partial charge on any atom is -0.309 e. The Hall–Kier alpha value is -0.270. The molecule has 0 saturated carbocycles. The monoisotopic (exact) mass is 205 g/mol. The van der Waals surface area contributed by atoms with E-state index in [1.807, 2.05) is 14.1 Å². The van der Waals surface area contributed by atoms with Gasteiger partial charge in [0.2, 0.25) is 5.16 Å². The van der Waals surface area contributed by atoms with Crippen molar-refractivity contribution in [2.45, 2.75) is 5.16 Å². The molecule has 68 valence electrons. The molecule has 0 bridgehead atoms. The quantitative estimate of drug-likeness (QED) is 0.702. The van der Waals surface area contributed by atoms with Crippen LogP contribution in [0.5, 0.6) is 0 Å². The van der Waals surface area contributed by atoms with Gasteiger partial charge in [-0.25, -0.2) is 0 Å². The summed E-state index contributed by atoms with van der Waals surface area (Å²) in [5.41, 5.74) is 0. The van der Waals surface area contributed by atoms with Crippen molar-refractivity contribution in [3.63, 3.8) is 0 Å². The summed E-state index contributed by atoms with van der Waals surface area (Å²) in [5, 5.41) is 11.4. The lowest BCUT2D eigenvalue weighted by Crippen LogP contribution is -2.15. The molecule has 1 aromatic rings. The summed E-state index contributed by atoms with van der Waals surface area (Å²) in [6.07, 6.45) is 0. The maximum Gasteiger partial charge on any atom is 0.217 e. The fourth-order valence-electron chi connectivity index (χ4n) is 0.568. The van der Waals surface area contributed by atoms with Crippen LogP contribution in [0.3, 0.4) is 0 Å². The molecule has 1 aromatic heterocycles. The highest BCUT2D eigenvalue weighted by molar-refractivity contribution is 7.98. The number of rotatable bonds is 4. The molecule has 0 saturated heterocycles. The Morgan fingerprint density at radius 2 is 2.33 bits per heavy atom. The van der Waals surface area contributed by atoms with Crippen molar-refractivity contribution < 1.29 is 0 Å². The predicted molar refractivity (Wildman–Crippen MR) is 51.5 cm³/mol. The third-order valence-electron chi connectivity index (χ3n) is 1.18. The van der Waals surface area contributed by atoms with E-state index >= 15 is 0 Å². The van der Waals surface area contributed by atoms with E-state index < -0.39 is 0 Å². The van der Waals surface area contributed by atoms with Crippen LogP contribution in [0.1, 0.15) is 0 Å². The summed E-state index contributed by atoms with van der Waals surface area (Å²) in [5.74, 6) is 0.950. The molecule has 1 rings (SSSR count). The Morgan fingerprint density at radius 3 is 2.83 bits per heavy atom. The summed E-state index contributed by atoms with van der Waals surface area (Å²) < 4.78 is 1.60. The molecule has 12 heavy (non-hydrogen) atoms. The minimum atomic E-state index is 0.541. The van der Waals surface area contributed by atoms with Gasteiger partial charge in [0.15, 0.2) is 0 Å². The molecular weight excluding hydrogens is 194 g/mol. The second-order valence-corrected chi connectivity index (χ2v) is 3.90. The minimum absolute atomic E-state index is 0.541. The molecule has 0 aliphatic heterocycles. The Bertz CT molecular complexity index is 235. The number of hydrogen-bond acceptors (Lipinski definition) is 6. The second-order valence-electron chi connectivity index (χ2n) is 2.49. The van der Waals surface area contributed by atoms with E-state index in [1.54, 1.807) is 16.0 Å². The molecule has 0 radical (unpaired) electrons. The molecular formula is C5H11N5S2. The van der Waals surface area contributed by atoms with Gasteiger partial charge in [-0.3, -0.25) is 0 Å². The summed E-state index contributed by atoms with van der Waals surface area (Å²) in [7, 11) is 4.06. The Balaban J connectivity index is 2.29. The van der Waals surface area contributed by atoms with Crippen molar-refractivity contribution in [2.24, 2.45) is 0 Å². The smallest absolute Gasteiger partial charge is 0.217 e. The van der Waals surface area contributed by atoms with Gasteiger partial charge in [-0.05, 0) is 36.5 Å². The Morgan fingerprint density at radius 1 is 1.58 bits per heavy atom. The highest BCUT2D eigenvalue weighted by Gasteiger charge is 2.00. The van der Waals surface area contributed by atoms with Crippen LogP contribution in [0, 0.1) is 0 Å². The van der Waals surface area contributed by atoms with Crippen molar-refractivity contribution in [2.75, 3.05) is 26.4 Å². The fraction of sp³-hybridized carbons (Fsp3) is 0.800. The van der Waals surface area contributed by atoms with Gasteiger partial charge in [0.1, 0.15) is 0 Å². The van der Waals surface area contributed by atoms with Gasteiger partial charge < -0.3 is 4.90 Å². The highest BCUT2D eigenvalue weighted by Crippen LogP contribution is 2.08. The molecule has 0 amide bonds. The van der Waals surface area contributed by atoms with Gasteiger partial charge in [0, 0.05) is 12.3 Å². The largest absolute Gasteiger partial charge is 0.309 e. The number of tetrazole rings is 1. The summed E-state index contributed by atoms with van der Waals surface area (Å²) >= 11 is 5.61. The molecule has 5 nitrogen and oxygen atoms in total. The average Bonchev–Trinajstić information content (AvgIpc) is 2.36. The first-order chi connectivity index (χ1) is 5.70. The average molecular weight is 205 g/mol. The Labute approximate surface area is 81.0 Å². The van der Waals surface area contributed by atoms with E-state index in [4.69, 9.17) is 0 Å². The first kappa shape index (κ1) is 9.82. The van der Waals surface area contributed by atoms with E-state index in [1.165, 1.54) is 0 Å². The number of thiol groups is 1. The lowest BCUT2D eigenvalue weighted by molar-refractivity contribution is 0.437. The van der Waals surface area contributed by atoms with Gasteiger partial charge >= 0.3 is 0 Å². The highest BCUT2D eigenvalue weighted by atomic mass is 32.2. The molecule has 7 heteroatoms. The third kappa shape index (κ3) is 3.00. The molecule has 0 unspecified atom stereocenters. The van der Waals surface area contributed by atoms with Gasteiger partial charge in [-0.15, -0.1) is 17.7 Å². The van der Waals surface area contributed by atoms with Crippen LogP contribution in [0.4, 0.5) is 0 Å². The van der Waals surface area contributed by atoms with Crippen LogP contribution >= 0.6 is 24.6 Å². The lowest BCUT2D eigenvalue weighted by atomic mass is 10.7. The SMILES string of the molecule is CN(C)CCSn1nnnc1S. The molecule has 0 atom stereocenters. The summed E-state index contributed by atoms with van der Waals surface area (Å²) in [4.78, 5) is 2.11. The van der Waals surface area contributed by atoms with E-state index in [0.717, 1.165) is 12.3 Å². The molecule has 0 aliphatic carbocycles. The number of nitrogens with zero attached hydrogens (tertiary/aromatic N) is 5. The maximum atomic E-state index is 4.07. The van der Waals surface area contributed by atoms with Crippen LogP contribution in [-0.2, 0) is 0 Å². The van der Waals surface area contributed by atoms with Crippen LogP contribution < -0.4 is 0 Å². The third-order valence-corrected chi connectivity index (χ3v) is 2.45. The van der Waals surface area contributed by atoms with Crippen molar-refractivity contribution in [1.82, 2.24) is 24.5 Å². The van der Waals surface area contributed by atoms with Gasteiger partial charge in [-0.2, -0.15) is 4.09 Å². The maximum absolute atomic E-state index is 4.07. The number of aromatic nitrogens is 4. The van der Waals surface area contributed by atoms with E-state index in [-0.39, 0.29) is 0 Å². The van der Waals surface area contributed by atoms with Crippen LogP contribution in [0.25, 0.3) is 0 Å². The van der Waals surface area contributed by atoms with Crippen molar-refractivity contribution in [1.29, 1.82) is 0 Å². The van der Waals surface area contributed by atoms with Gasteiger partial charge in [0.05, 0.1) is 0 Å². The number of hydrogen-bond donors (Lipinski definition) is 1. The fourth-order valence-corrected chi connectivity index (χ4v) is 1.68. The normalized spacial score (nSPS) is 11.0. The second kappa shape index (κ2) is 4.68. The van der Waals surface area contributed by atoms with Gasteiger partial charge in [0.25, 0.3) is 0 Å². The first-order valence-corrected chi connectivity index (χ1v) is 4.84. The molecule has 0 spiro atoms. The summed E-state index contributed by atoms with van der Waals surface area (Å²) in [6.45, 7) is 0.998. The zero-order valence-electron chi connectivity index (χ0n) is 7.01. The van der Waals surface area contributed by atoms with Crippen LogP contribution in [0.2, 0.25) is 0 Å². The van der Waals surface area contributed by atoms with E-state index in [9.17, 15) is 0 Å². The van der Waals surface area contributed by atoms with E-state index in [2.05, 4.69) is 33.1 Å². The molecule has 0 N–H and O–H groups in total. The zero-order valence-corrected chi connectivity index (χ0v) is 8.72. The van der Waals surface area contributed by atoms with E-state index in [0.29, 0.717) is 5.16 Å². The van der Waals surface area contributed by atoms with Crippen LogP contribution in [-0.4, -0.2) is 50.9 Å². The zero-order chi connectivity index (χ0) is 8.97.